The summed E-state index contributed by atoms with van der Waals surface area (Å²) in [4.78, 5) is 17.0. The quantitative estimate of drug-likeness (QED) is 0.417. The van der Waals surface area contributed by atoms with Crippen molar-refractivity contribution in [2.75, 3.05) is 5.73 Å². The molecule has 0 aliphatic heterocycles. The number of hydrogen-bond donors (Lipinski definition) is 1. The van der Waals surface area contributed by atoms with E-state index in [1.54, 1.807) is 18.3 Å². The lowest BCUT2D eigenvalue weighted by atomic mass is 10.1. The van der Waals surface area contributed by atoms with Crippen LogP contribution in [0.2, 0.25) is 5.02 Å². The lowest BCUT2D eigenvalue weighted by Crippen LogP contribution is -2.01. The predicted molar refractivity (Wildman–Crippen MR) is 90.5 cm³/mol. The van der Waals surface area contributed by atoms with Crippen molar-refractivity contribution < 1.29 is 4.42 Å². The van der Waals surface area contributed by atoms with E-state index in [1.807, 2.05) is 24.3 Å². The smallest absolute Gasteiger partial charge is 0.345 e. The third-order valence-electron chi connectivity index (χ3n) is 3.48. The minimum absolute atomic E-state index is 0.408. The molecule has 4 aromatic rings. The van der Waals surface area contributed by atoms with Crippen molar-refractivity contribution >= 4 is 49.8 Å². The molecule has 0 aliphatic rings. The van der Waals surface area contributed by atoms with Gasteiger partial charge in [-0.3, -0.25) is 0 Å². The Morgan fingerprint density at radius 2 is 1.95 bits per heavy atom. The Morgan fingerprint density at radius 1 is 1.18 bits per heavy atom. The summed E-state index contributed by atoms with van der Waals surface area (Å²) in [7, 11) is 0. The fourth-order valence-electron chi connectivity index (χ4n) is 2.49. The van der Waals surface area contributed by atoms with Crippen molar-refractivity contribution in [3.8, 4) is 10.4 Å². The summed E-state index contributed by atoms with van der Waals surface area (Å²) < 4.78 is 5.55. The number of nitrogens with two attached hydrogens (primary N) is 1. The Hall–Kier alpha value is -2.37. The Balaban J connectivity index is 2.10. The maximum atomic E-state index is 12.3. The molecule has 0 saturated heterocycles. The molecule has 0 fully saturated rings. The summed E-state index contributed by atoms with van der Waals surface area (Å²) in [5.41, 5.74) is 6.19. The number of benzene rings is 2. The summed E-state index contributed by atoms with van der Waals surface area (Å²) >= 11 is 7.57. The van der Waals surface area contributed by atoms with Gasteiger partial charge in [-0.1, -0.05) is 47.2 Å². The number of fused-ring (bicyclic) bond motifs is 3. The summed E-state index contributed by atoms with van der Waals surface area (Å²) in [5, 5.41) is 3.47. The zero-order valence-electron chi connectivity index (χ0n) is 11.2. The number of aromatic nitrogens is 1. The maximum Gasteiger partial charge on any atom is 0.345 e. The highest BCUT2D eigenvalue weighted by molar-refractivity contribution is 7.18. The van der Waals surface area contributed by atoms with E-state index in [9.17, 15) is 4.79 Å². The molecule has 108 valence electrons. The second-order valence-corrected chi connectivity index (χ2v) is 6.30. The van der Waals surface area contributed by atoms with Gasteiger partial charge in [0.05, 0.1) is 10.4 Å². The number of anilines is 1. The predicted octanol–water partition coefficient (Wildman–Crippen LogP) is 4.31. The molecule has 0 amide bonds. The lowest BCUT2D eigenvalue weighted by molar-refractivity contribution is 0.567. The van der Waals surface area contributed by atoms with Gasteiger partial charge in [0.2, 0.25) is 0 Å². The molecular weight excluding hydrogens is 320 g/mol. The summed E-state index contributed by atoms with van der Waals surface area (Å²) in [6.07, 6.45) is 1.57. The molecular formula is C16H9ClN2O2S. The zero-order chi connectivity index (χ0) is 15.3. The summed E-state index contributed by atoms with van der Waals surface area (Å²) in [6.45, 7) is 0. The normalized spacial score (nSPS) is 11.3. The van der Waals surface area contributed by atoms with Crippen LogP contribution >= 0.6 is 22.9 Å². The molecule has 0 saturated carbocycles. The largest absolute Gasteiger partial charge is 0.422 e. The van der Waals surface area contributed by atoms with E-state index in [4.69, 9.17) is 21.8 Å². The van der Waals surface area contributed by atoms with Crippen LogP contribution in [0.5, 0.6) is 0 Å². The van der Waals surface area contributed by atoms with Crippen molar-refractivity contribution in [1.82, 2.24) is 4.98 Å². The molecule has 0 radical (unpaired) electrons. The van der Waals surface area contributed by atoms with Crippen molar-refractivity contribution in [3.63, 3.8) is 0 Å². The van der Waals surface area contributed by atoms with Crippen molar-refractivity contribution in [2.45, 2.75) is 0 Å². The standard InChI is InChI=1S/C16H9ClN2O2S/c17-12-6-8-5-11(13-7-19-16(18)22-13)15(20)21-14(8)10-4-2-1-3-9(10)12/h1-7H,(H2,18,19). The number of rotatable bonds is 1. The first-order valence-electron chi connectivity index (χ1n) is 6.50. The third kappa shape index (κ3) is 1.98. The monoisotopic (exact) mass is 328 g/mol. The first kappa shape index (κ1) is 13.3. The topological polar surface area (TPSA) is 69.1 Å². The van der Waals surface area contributed by atoms with E-state index in [2.05, 4.69) is 4.98 Å². The van der Waals surface area contributed by atoms with Gasteiger partial charge in [-0.2, -0.15) is 0 Å². The lowest BCUT2D eigenvalue weighted by Gasteiger charge is -2.06. The van der Waals surface area contributed by atoms with Gasteiger partial charge in [0, 0.05) is 27.4 Å². The van der Waals surface area contributed by atoms with E-state index < -0.39 is 5.63 Å². The van der Waals surface area contributed by atoms with Gasteiger partial charge in [0.25, 0.3) is 0 Å². The highest BCUT2D eigenvalue weighted by Crippen LogP contribution is 2.33. The van der Waals surface area contributed by atoms with Gasteiger partial charge in [0.1, 0.15) is 5.58 Å². The zero-order valence-corrected chi connectivity index (χ0v) is 12.7. The minimum atomic E-state index is -0.413. The van der Waals surface area contributed by atoms with Crippen molar-refractivity contribution in [2.24, 2.45) is 0 Å². The van der Waals surface area contributed by atoms with Crippen LogP contribution in [0.3, 0.4) is 0 Å². The molecule has 4 nitrogen and oxygen atoms in total. The van der Waals surface area contributed by atoms with Crippen LogP contribution < -0.4 is 11.4 Å². The molecule has 0 aliphatic carbocycles. The fourth-order valence-corrected chi connectivity index (χ4v) is 3.46. The van der Waals surface area contributed by atoms with Gasteiger partial charge in [-0.25, -0.2) is 9.78 Å². The molecule has 2 N–H and O–H groups in total. The molecule has 4 rings (SSSR count). The van der Waals surface area contributed by atoms with E-state index in [1.165, 1.54) is 11.3 Å². The van der Waals surface area contributed by atoms with Crippen LogP contribution in [0.4, 0.5) is 5.13 Å². The molecule has 2 aromatic carbocycles. The second kappa shape index (κ2) is 4.83. The number of nitrogen functional groups attached to an aromatic ring is 1. The molecule has 6 heteroatoms. The van der Waals surface area contributed by atoms with Crippen LogP contribution in [0.15, 0.2) is 51.8 Å². The first-order chi connectivity index (χ1) is 10.6. The average Bonchev–Trinajstić information content (AvgIpc) is 2.94. The molecule has 2 aromatic heterocycles. The van der Waals surface area contributed by atoms with Crippen molar-refractivity contribution in [3.05, 3.63) is 58.0 Å². The van der Waals surface area contributed by atoms with Crippen molar-refractivity contribution in [1.29, 1.82) is 0 Å². The number of hydrogen-bond acceptors (Lipinski definition) is 5. The van der Waals surface area contributed by atoms with E-state index in [0.29, 0.717) is 26.2 Å². The van der Waals surface area contributed by atoms with Crippen LogP contribution in [0.1, 0.15) is 0 Å². The van der Waals surface area contributed by atoms with Crippen LogP contribution in [0.25, 0.3) is 32.2 Å². The molecule has 22 heavy (non-hydrogen) atoms. The molecule has 0 spiro atoms. The fraction of sp³-hybridized carbons (Fsp3) is 0. The van der Waals surface area contributed by atoms with E-state index in [-0.39, 0.29) is 0 Å². The van der Waals surface area contributed by atoms with Gasteiger partial charge in [0.15, 0.2) is 5.13 Å². The van der Waals surface area contributed by atoms with E-state index >= 15 is 0 Å². The van der Waals surface area contributed by atoms with Gasteiger partial charge in [-0.05, 0) is 12.1 Å². The SMILES string of the molecule is Nc1ncc(-c2cc3cc(Cl)c4ccccc4c3oc2=O)s1. The van der Waals surface area contributed by atoms with E-state index in [0.717, 1.165) is 16.2 Å². The maximum absolute atomic E-state index is 12.3. The number of nitrogens with zero attached hydrogens (tertiary/aromatic N) is 1. The van der Waals surface area contributed by atoms with Gasteiger partial charge >= 0.3 is 5.63 Å². The van der Waals surface area contributed by atoms with Gasteiger partial charge < -0.3 is 10.2 Å². The molecule has 2 heterocycles. The third-order valence-corrected chi connectivity index (χ3v) is 4.65. The highest BCUT2D eigenvalue weighted by Gasteiger charge is 2.13. The Bertz CT molecular complexity index is 1080. The first-order valence-corrected chi connectivity index (χ1v) is 7.70. The minimum Gasteiger partial charge on any atom is -0.422 e. The Morgan fingerprint density at radius 3 is 2.68 bits per heavy atom. The highest BCUT2D eigenvalue weighted by atomic mass is 35.5. The average molecular weight is 329 g/mol. The Kier molecular flexibility index (Phi) is 2.92. The molecule has 0 unspecified atom stereocenters. The second-order valence-electron chi connectivity index (χ2n) is 4.83. The summed E-state index contributed by atoms with van der Waals surface area (Å²) in [5.74, 6) is 0. The molecule has 0 bridgehead atoms. The van der Waals surface area contributed by atoms with Crippen LogP contribution in [0, 0.1) is 0 Å². The van der Waals surface area contributed by atoms with Gasteiger partial charge in [-0.15, -0.1) is 0 Å². The Labute approximate surface area is 133 Å². The number of thiazole rings is 1. The molecule has 0 atom stereocenters. The number of halogens is 1. The van der Waals surface area contributed by atoms with Crippen LogP contribution in [-0.4, -0.2) is 4.98 Å². The summed E-state index contributed by atoms with van der Waals surface area (Å²) in [6, 6.07) is 11.1. The van der Waals surface area contributed by atoms with Crippen LogP contribution in [-0.2, 0) is 0 Å².